The Bertz CT molecular complexity index is 1770. The third-order valence-corrected chi connectivity index (χ3v) is 10.7. The maximum absolute atomic E-state index is 13.3. The third kappa shape index (κ3) is 6.69. The minimum Gasteiger partial charge on any atom is -0.538 e. The summed E-state index contributed by atoms with van der Waals surface area (Å²) in [5, 5.41) is 29.7. The van der Waals surface area contributed by atoms with Crippen LogP contribution in [-0.2, 0) is 29.9 Å². The number of hydrogen-bond acceptors (Lipinski definition) is 12. The van der Waals surface area contributed by atoms with Gasteiger partial charge in [-0.15, -0.1) is 0 Å². The molecule has 0 aliphatic carbocycles. The van der Waals surface area contributed by atoms with Gasteiger partial charge >= 0.3 is 30.1 Å². The van der Waals surface area contributed by atoms with Crippen molar-refractivity contribution in [2.75, 3.05) is 13.1 Å². The molecule has 2 aromatic heterocycles. The van der Waals surface area contributed by atoms with E-state index in [1.54, 1.807) is 0 Å². The first-order valence-corrected chi connectivity index (χ1v) is 17.4. The van der Waals surface area contributed by atoms with Crippen molar-refractivity contribution in [2.24, 2.45) is 0 Å². The van der Waals surface area contributed by atoms with Crippen molar-refractivity contribution in [3.8, 4) is 23.3 Å². The molecule has 0 saturated carbocycles. The SMILES string of the molecule is CCCCNS(=O)(=O)c1c([O-])on[n+]1-c1ccc(S(=O)(=O)c2ccc(-[n+]3noc([O-])c3S(=O)(=O)NCCCC)cc2)cc1. The first-order valence-electron chi connectivity index (χ1n) is 13.0. The Balaban J connectivity index is 1.60. The highest BCUT2D eigenvalue weighted by molar-refractivity contribution is 7.91. The molecule has 0 saturated heterocycles. The molecule has 2 heterocycles. The number of sulfonamides is 2. The van der Waals surface area contributed by atoms with Gasteiger partial charge in [-0.25, -0.2) is 34.7 Å². The van der Waals surface area contributed by atoms with Gasteiger partial charge in [-0.05, 0) is 46.5 Å². The zero-order valence-corrected chi connectivity index (χ0v) is 25.4. The summed E-state index contributed by atoms with van der Waals surface area (Å²) in [5.41, 5.74) is 0.0984. The van der Waals surface area contributed by atoms with Crippen molar-refractivity contribution >= 4 is 29.9 Å². The van der Waals surface area contributed by atoms with E-state index in [0.29, 0.717) is 25.7 Å². The molecular weight excluding hydrogens is 628 g/mol. The zero-order valence-electron chi connectivity index (χ0n) is 23.0. The van der Waals surface area contributed by atoms with Gasteiger partial charge in [0.1, 0.15) is 0 Å². The molecule has 0 bridgehead atoms. The van der Waals surface area contributed by atoms with Gasteiger partial charge in [0.15, 0.2) is 11.9 Å². The van der Waals surface area contributed by atoms with Gasteiger partial charge in [0.05, 0.1) is 20.3 Å². The summed E-state index contributed by atoms with van der Waals surface area (Å²) in [7, 11) is -12.7. The number of rotatable bonds is 14. The van der Waals surface area contributed by atoms with E-state index in [-0.39, 0.29) is 34.3 Å². The van der Waals surface area contributed by atoms with Crippen LogP contribution >= 0.6 is 0 Å². The van der Waals surface area contributed by atoms with E-state index in [1.807, 2.05) is 13.8 Å². The molecular formula is C24H28N6O10S3. The molecule has 2 aromatic carbocycles. The Morgan fingerprint density at radius 2 is 1.00 bits per heavy atom. The Morgan fingerprint density at radius 1 is 0.651 bits per heavy atom. The molecule has 0 aliphatic heterocycles. The monoisotopic (exact) mass is 656 g/mol. The molecule has 0 spiro atoms. The fourth-order valence-electron chi connectivity index (χ4n) is 3.83. The van der Waals surface area contributed by atoms with Crippen molar-refractivity contribution in [2.45, 2.75) is 59.4 Å². The highest BCUT2D eigenvalue weighted by Crippen LogP contribution is 2.24. The summed E-state index contributed by atoms with van der Waals surface area (Å²) in [4.78, 5) is -0.361. The number of benzene rings is 2. The molecule has 0 radical (unpaired) electrons. The van der Waals surface area contributed by atoms with Crippen LogP contribution in [0, 0.1) is 0 Å². The predicted octanol–water partition coefficient (Wildman–Crippen LogP) is -0.647. The van der Waals surface area contributed by atoms with Gasteiger partial charge < -0.3 is 19.3 Å². The Hall–Kier alpha value is -3.91. The summed E-state index contributed by atoms with van der Waals surface area (Å²) in [6, 6.07) is 9.75. The quantitative estimate of drug-likeness (QED) is 0.127. The van der Waals surface area contributed by atoms with Crippen LogP contribution in [0.1, 0.15) is 39.5 Å². The fourth-order valence-corrected chi connectivity index (χ4v) is 7.44. The second kappa shape index (κ2) is 12.8. The Kier molecular flexibility index (Phi) is 9.50. The number of unbranched alkanes of at least 4 members (excludes halogenated alkanes) is 2. The molecule has 4 rings (SSSR count). The average Bonchev–Trinajstić information content (AvgIpc) is 3.57. The summed E-state index contributed by atoms with van der Waals surface area (Å²) in [6.45, 7) is 3.93. The average molecular weight is 657 g/mol. The first kappa shape index (κ1) is 32.0. The van der Waals surface area contributed by atoms with E-state index in [2.05, 4.69) is 29.0 Å². The van der Waals surface area contributed by atoms with E-state index >= 15 is 0 Å². The largest absolute Gasteiger partial charge is 0.538 e. The summed E-state index contributed by atoms with van der Waals surface area (Å²) < 4.78 is 92.5. The second-order valence-corrected chi connectivity index (χ2v) is 14.5. The molecule has 0 aliphatic rings. The van der Waals surface area contributed by atoms with Gasteiger partial charge in [-0.3, -0.25) is 0 Å². The van der Waals surface area contributed by atoms with Crippen molar-refractivity contribution < 1.29 is 53.9 Å². The van der Waals surface area contributed by atoms with Crippen LogP contribution < -0.4 is 29.0 Å². The van der Waals surface area contributed by atoms with E-state index < -0.39 is 51.8 Å². The van der Waals surface area contributed by atoms with Crippen molar-refractivity contribution in [3.63, 3.8) is 0 Å². The van der Waals surface area contributed by atoms with Gasteiger partial charge in [0, 0.05) is 37.4 Å². The van der Waals surface area contributed by atoms with E-state index in [4.69, 9.17) is 0 Å². The Morgan fingerprint density at radius 3 is 1.33 bits per heavy atom. The van der Waals surface area contributed by atoms with Crippen LogP contribution in [0.5, 0.6) is 11.9 Å². The molecule has 16 nitrogen and oxygen atoms in total. The summed E-state index contributed by atoms with van der Waals surface area (Å²) >= 11 is 0. The van der Waals surface area contributed by atoms with Crippen LogP contribution in [0.2, 0.25) is 0 Å². The number of nitrogens with zero attached hydrogens (tertiary/aromatic N) is 4. The molecule has 19 heteroatoms. The standard InChI is InChI=1S/C24H28N6O10S3/c1-3-5-15-25-42(35,36)21-23(31)39-27-29(21)17-7-11-19(12-8-17)41(33,34)20-13-9-18(10-14-20)30-22(24(32)40-28-30)43(37,38)26-16-6-4-2/h7-14,25-26H,3-6,15-16H2,1-2H3. The lowest BCUT2D eigenvalue weighted by Crippen LogP contribution is -2.42. The van der Waals surface area contributed by atoms with Crippen molar-refractivity contribution in [3.05, 3.63) is 48.5 Å². The number of sulfone groups is 1. The highest BCUT2D eigenvalue weighted by Gasteiger charge is 2.35. The van der Waals surface area contributed by atoms with E-state index in [9.17, 15) is 35.5 Å². The van der Waals surface area contributed by atoms with Gasteiger partial charge in [-0.1, -0.05) is 26.7 Å². The molecule has 0 amide bonds. The summed E-state index contributed by atoms with van der Waals surface area (Å²) in [6.07, 6.45) is 2.52. The van der Waals surface area contributed by atoms with Crippen LogP contribution in [0.3, 0.4) is 0 Å². The minimum atomic E-state index is -4.27. The van der Waals surface area contributed by atoms with E-state index in [1.165, 1.54) is 48.5 Å². The maximum atomic E-state index is 13.3. The smallest absolute Gasteiger partial charge is 0.368 e. The summed E-state index contributed by atoms with van der Waals surface area (Å²) in [5.74, 6) is -2.38. The fraction of sp³-hybridized carbons (Fsp3) is 0.333. The molecule has 4 aromatic rings. The molecule has 0 fully saturated rings. The lowest BCUT2D eigenvalue weighted by molar-refractivity contribution is -0.706. The number of aromatic nitrogens is 4. The van der Waals surface area contributed by atoms with Crippen LogP contribution in [-0.4, -0.2) is 48.9 Å². The topological polar surface area (TPSA) is 232 Å². The number of hydrogen-bond donors (Lipinski definition) is 2. The molecule has 43 heavy (non-hydrogen) atoms. The minimum absolute atomic E-state index is 0.0492. The molecule has 232 valence electrons. The van der Waals surface area contributed by atoms with Crippen LogP contribution in [0.4, 0.5) is 0 Å². The van der Waals surface area contributed by atoms with E-state index in [0.717, 1.165) is 9.36 Å². The molecule has 0 atom stereocenters. The third-order valence-electron chi connectivity index (χ3n) is 6.08. The normalized spacial score (nSPS) is 12.5. The first-order chi connectivity index (χ1) is 20.3. The zero-order chi connectivity index (χ0) is 31.4. The van der Waals surface area contributed by atoms with Gasteiger partial charge in [-0.2, -0.15) is 0 Å². The van der Waals surface area contributed by atoms with Gasteiger partial charge in [0.2, 0.25) is 21.2 Å². The highest BCUT2D eigenvalue weighted by atomic mass is 32.2. The van der Waals surface area contributed by atoms with Crippen molar-refractivity contribution in [1.82, 2.24) is 20.0 Å². The van der Waals surface area contributed by atoms with Crippen LogP contribution in [0.15, 0.2) is 77.4 Å². The Labute approximate surface area is 247 Å². The predicted molar refractivity (Wildman–Crippen MR) is 141 cm³/mol. The maximum Gasteiger partial charge on any atom is 0.368 e. The molecule has 2 N–H and O–H groups in total. The lowest BCUT2D eigenvalue weighted by atomic mass is 10.3. The second-order valence-electron chi connectivity index (χ2n) is 9.15. The van der Waals surface area contributed by atoms with Crippen molar-refractivity contribution in [1.29, 1.82) is 0 Å². The lowest BCUT2D eigenvalue weighted by Gasteiger charge is -2.06. The van der Waals surface area contributed by atoms with Gasteiger partial charge in [0.25, 0.3) is 0 Å². The van der Waals surface area contributed by atoms with Crippen LogP contribution in [0.25, 0.3) is 11.4 Å². The number of nitrogens with one attached hydrogen (secondary N) is 2. The molecule has 0 unspecified atom stereocenters.